The van der Waals surface area contributed by atoms with Crippen LogP contribution in [0.1, 0.15) is 43.2 Å². The first kappa shape index (κ1) is 30.1. The van der Waals surface area contributed by atoms with Gasteiger partial charge >= 0.3 is 123 Å². The predicted molar refractivity (Wildman–Crippen MR) is 163 cm³/mol. The second-order valence-electron chi connectivity index (χ2n) is 10.1. The van der Waals surface area contributed by atoms with E-state index in [0.29, 0.717) is 17.1 Å². The number of nitriles is 1. The van der Waals surface area contributed by atoms with Gasteiger partial charge in [0, 0.05) is 17.5 Å². The molecule has 5 rings (SSSR count). The second-order valence-corrected chi connectivity index (χ2v) is 14.1. The van der Waals surface area contributed by atoms with E-state index in [0.717, 1.165) is 46.9 Å². The van der Waals surface area contributed by atoms with Crippen LogP contribution in [-0.2, 0) is 19.6 Å². The molecule has 0 aliphatic carbocycles. The quantitative estimate of drug-likeness (QED) is 0.137. The first-order valence-corrected chi connectivity index (χ1v) is 17.5. The maximum absolute atomic E-state index is 13.4. The van der Waals surface area contributed by atoms with Crippen molar-refractivity contribution in [3.05, 3.63) is 88.9 Å². The molecular formula is C31H29ClN2O6SSe. The normalized spacial score (nSPS) is 19.5. The summed E-state index contributed by atoms with van der Waals surface area (Å²) in [7, 11) is -4.08. The van der Waals surface area contributed by atoms with E-state index in [4.69, 9.17) is 25.8 Å². The summed E-state index contributed by atoms with van der Waals surface area (Å²) in [4.78, 5) is 14.6. The van der Waals surface area contributed by atoms with E-state index in [1.54, 1.807) is 54.6 Å². The second kappa shape index (κ2) is 13.3. The molecule has 2 bridgehead atoms. The molecule has 3 aromatic rings. The number of phenols is 1. The monoisotopic (exact) mass is 672 g/mol. The number of benzene rings is 3. The fourth-order valence-corrected chi connectivity index (χ4v) is 7.86. The van der Waals surface area contributed by atoms with E-state index in [1.165, 1.54) is 6.07 Å². The van der Waals surface area contributed by atoms with Gasteiger partial charge < -0.3 is 14.0 Å². The van der Waals surface area contributed by atoms with Crippen molar-refractivity contribution in [3.63, 3.8) is 0 Å². The Labute approximate surface area is 256 Å². The molecule has 3 atom stereocenters. The van der Waals surface area contributed by atoms with Crippen LogP contribution in [-0.4, -0.2) is 51.8 Å². The molecule has 3 aromatic carbocycles. The Morgan fingerprint density at radius 2 is 1.76 bits per heavy atom. The standard InChI is InChI=1S/C31H29ClN2O6SSe/c32-22-5-4-6-25(17-22)40-41(37,38)27-18-26-29(20-10-14-24(35)15-11-20)30(31(27)39-26)21-8-12-23(13-9-21)34-28(36)7-2-1-3-16-42-19-33/h4-6,8-15,17,26-27,31,35H,1-3,7,16,18H2,(H,34,36). The molecule has 1 amide bonds. The van der Waals surface area contributed by atoms with E-state index in [1.807, 2.05) is 12.1 Å². The Hall–Kier alpha value is -3.32. The Morgan fingerprint density at radius 1 is 1.05 bits per heavy atom. The topological polar surface area (TPSA) is 126 Å². The van der Waals surface area contributed by atoms with Crippen molar-refractivity contribution < 1.29 is 27.2 Å². The Bertz CT molecular complexity index is 1620. The minimum atomic E-state index is -4.08. The van der Waals surface area contributed by atoms with Crippen LogP contribution in [0.5, 0.6) is 11.5 Å². The molecule has 1 saturated heterocycles. The van der Waals surface area contributed by atoms with Crippen LogP contribution in [0.4, 0.5) is 5.69 Å². The van der Waals surface area contributed by atoms with E-state index >= 15 is 0 Å². The number of ether oxygens (including phenoxy) is 1. The zero-order valence-corrected chi connectivity index (χ0v) is 25.8. The third-order valence-corrected chi connectivity index (χ3v) is 10.4. The van der Waals surface area contributed by atoms with Gasteiger partial charge in [-0.1, -0.05) is 29.8 Å². The van der Waals surface area contributed by atoms with E-state index in [-0.39, 0.29) is 38.8 Å². The molecular weight excluding hydrogens is 643 g/mol. The van der Waals surface area contributed by atoms with Crippen LogP contribution in [0, 0.1) is 10.2 Å². The van der Waals surface area contributed by atoms with E-state index < -0.39 is 27.6 Å². The molecule has 2 heterocycles. The zero-order valence-electron chi connectivity index (χ0n) is 22.5. The van der Waals surface area contributed by atoms with Crippen LogP contribution in [0.3, 0.4) is 0 Å². The summed E-state index contributed by atoms with van der Waals surface area (Å²) in [5.41, 5.74) is 3.84. The molecule has 11 heteroatoms. The van der Waals surface area contributed by atoms with E-state index in [9.17, 15) is 18.3 Å². The van der Waals surface area contributed by atoms with Crippen LogP contribution in [0.2, 0.25) is 10.3 Å². The number of unbranched alkanes of at least 4 members (excludes halogenated alkanes) is 2. The molecule has 0 radical (unpaired) electrons. The number of fused-ring (bicyclic) bond motifs is 2. The fourth-order valence-electron chi connectivity index (χ4n) is 5.35. The molecule has 0 aromatic heterocycles. The first-order valence-electron chi connectivity index (χ1n) is 13.5. The number of hydrogen-bond acceptors (Lipinski definition) is 7. The molecule has 0 spiro atoms. The Kier molecular flexibility index (Phi) is 9.56. The van der Waals surface area contributed by atoms with Gasteiger partial charge in [0.15, 0.2) is 0 Å². The van der Waals surface area contributed by atoms with Crippen LogP contribution >= 0.6 is 11.6 Å². The Morgan fingerprint density at radius 3 is 2.48 bits per heavy atom. The van der Waals surface area contributed by atoms with Gasteiger partial charge in [0.05, 0.1) is 6.10 Å². The molecule has 3 unspecified atom stereocenters. The number of phenolic OH excluding ortho intramolecular Hbond substituents is 1. The van der Waals surface area contributed by atoms with Gasteiger partial charge in [-0.15, -0.1) is 0 Å². The van der Waals surface area contributed by atoms with Gasteiger partial charge in [-0.3, -0.25) is 0 Å². The molecule has 1 fully saturated rings. The van der Waals surface area contributed by atoms with Gasteiger partial charge in [-0.05, 0) is 35.4 Å². The molecule has 2 N–H and O–H groups in total. The van der Waals surface area contributed by atoms with Gasteiger partial charge in [0.1, 0.15) is 22.9 Å². The maximum atomic E-state index is 13.4. The fraction of sp³-hybridized carbons (Fsp3) is 0.290. The van der Waals surface area contributed by atoms with Crippen molar-refractivity contribution in [1.82, 2.24) is 0 Å². The summed E-state index contributed by atoms with van der Waals surface area (Å²) >= 11 is 6.06. The molecule has 218 valence electrons. The van der Waals surface area contributed by atoms with Gasteiger partial charge in [-0.25, -0.2) is 0 Å². The van der Waals surface area contributed by atoms with Crippen LogP contribution in [0.25, 0.3) is 11.1 Å². The zero-order chi connectivity index (χ0) is 29.7. The number of anilines is 1. The van der Waals surface area contributed by atoms with E-state index in [2.05, 4.69) is 10.3 Å². The number of rotatable bonds is 12. The van der Waals surface area contributed by atoms with Crippen molar-refractivity contribution in [3.8, 4) is 16.5 Å². The van der Waals surface area contributed by atoms with Gasteiger partial charge in [0.2, 0.25) is 0 Å². The average Bonchev–Trinajstić information content (AvgIpc) is 3.56. The van der Waals surface area contributed by atoms with Crippen molar-refractivity contribution >= 4 is 59.4 Å². The van der Waals surface area contributed by atoms with Crippen molar-refractivity contribution in [2.75, 3.05) is 5.32 Å². The average molecular weight is 672 g/mol. The molecule has 2 aliphatic rings. The summed E-state index contributed by atoms with van der Waals surface area (Å²) in [6.07, 6.45) is 2.01. The molecule has 42 heavy (non-hydrogen) atoms. The summed E-state index contributed by atoms with van der Waals surface area (Å²) < 4.78 is 38.6. The number of nitrogens with one attached hydrogen (secondary N) is 1. The molecule has 8 nitrogen and oxygen atoms in total. The van der Waals surface area contributed by atoms with Crippen LogP contribution < -0.4 is 9.50 Å². The van der Waals surface area contributed by atoms with Crippen LogP contribution in [0.15, 0.2) is 72.8 Å². The number of carbonyl (C=O) groups excluding carboxylic acids is 1. The number of nitrogens with zero attached hydrogens (tertiary/aromatic N) is 1. The minimum absolute atomic E-state index is 0.0267. The summed E-state index contributed by atoms with van der Waals surface area (Å²) in [5.74, 6) is 0.186. The third kappa shape index (κ3) is 7.00. The van der Waals surface area contributed by atoms with Crippen molar-refractivity contribution in [2.45, 2.75) is 54.9 Å². The van der Waals surface area contributed by atoms with Gasteiger partial charge in [-0.2, -0.15) is 8.42 Å². The molecule has 2 aliphatic heterocycles. The van der Waals surface area contributed by atoms with Crippen molar-refractivity contribution in [2.24, 2.45) is 0 Å². The number of carbonyl (C=O) groups is 1. The van der Waals surface area contributed by atoms with Crippen molar-refractivity contribution in [1.29, 1.82) is 5.26 Å². The third-order valence-electron chi connectivity index (χ3n) is 7.24. The summed E-state index contributed by atoms with van der Waals surface area (Å²) in [6, 6.07) is 20.3. The number of hydrogen-bond donors (Lipinski definition) is 2. The predicted octanol–water partition coefficient (Wildman–Crippen LogP) is 6.01. The van der Waals surface area contributed by atoms with Gasteiger partial charge in [0.25, 0.3) is 0 Å². The number of aromatic hydroxyl groups is 1. The first-order chi connectivity index (χ1) is 20.2. The molecule has 0 saturated carbocycles. The SMILES string of the molecule is N#C[Se]CCCCCC(=O)Nc1ccc(C2=C(c3ccc(O)cc3)C3CC(S(=O)(=O)Oc4cccc(Cl)c4)C2O3)cc1. The Balaban J connectivity index is 1.36. The summed E-state index contributed by atoms with van der Waals surface area (Å²) in [5, 5.41) is 21.7. The number of halogens is 1. The number of amides is 1. The summed E-state index contributed by atoms with van der Waals surface area (Å²) in [6.45, 7) is 0.